The molecule has 9 heteroatoms. The van der Waals surface area contributed by atoms with Crippen molar-refractivity contribution in [2.75, 3.05) is 4.72 Å². The van der Waals surface area contributed by atoms with Crippen molar-refractivity contribution >= 4 is 33.0 Å². The first kappa shape index (κ1) is 15.1. The molecule has 0 atom stereocenters. The maximum Gasteiger partial charge on any atom is 0.271 e. The van der Waals surface area contributed by atoms with Crippen molar-refractivity contribution in [1.29, 1.82) is 0 Å². The fourth-order valence-electron chi connectivity index (χ4n) is 1.55. The van der Waals surface area contributed by atoms with Gasteiger partial charge in [0.2, 0.25) is 0 Å². The average molecular weight is 328 g/mol. The molecule has 0 aromatic heterocycles. The second-order valence-corrected chi connectivity index (χ2v) is 6.12. The Balaban J connectivity index is 2.41. The molecular weight excluding hydrogens is 320 g/mol. The van der Waals surface area contributed by atoms with Gasteiger partial charge in [0, 0.05) is 22.8 Å². The molecule has 7 nitrogen and oxygen atoms in total. The van der Waals surface area contributed by atoms with Gasteiger partial charge in [-0.25, -0.2) is 8.42 Å². The van der Waals surface area contributed by atoms with E-state index in [0.29, 0.717) is 0 Å². The summed E-state index contributed by atoms with van der Waals surface area (Å²) in [6, 6.07) is 8.20. The van der Waals surface area contributed by atoms with Crippen molar-refractivity contribution in [3.05, 3.63) is 57.6 Å². The van der Waals surface area contributed by atoms with Crippen LogP contribution in [-0.2, 0) is 10.0 Å². The van der Waals surface area contributed by atoms with Gasteiger partial charge in [0.15, 0.2) is 0 Å². The number of benzene rings is 2. The summed E-state index contributed by atoms with van der Waals surface area (Å²) >= 11 is 5.71. The number of non-ortho nitro benzene ring substituents is 1. The Morgan fingerprint density at radius 1 is 1.14 bits per heavy atom. The first-order chi connectivity index (χ1) is 9.79. The van der Waals surface area contributed by atoms with Gasteiger partial charge in [-0.3, -0.25) is 14.8 Å². The topological polar surface area (TPSA) is 112 Å². The largest absolute Gasteiger partial charge is 0.871 e. The summed E-state index contributed by atoms with van der Waals surface area (Å²) in [5, 5.41) is 22.5. The number of nitro groups is 1. The van der Waals surface area contributed by atoms with Crippen LogP contribution in [0.3, 0.4) is 0 Å². The van der Waals surface area contributed by atoms with Crippen molar-refractivity contribution in [1.82, 2.24) is 0 Å². The van der Waals surface area contributed by atoms with Crippen molar-refractivity contribution in [3.8, 4) is 5.75 Å². The van der Waals surface area contributed by atoms with Gasteiger partial charge in [-0.2, -0.15) is 0 Å². The number of hydrogen-bond acceptors (Lipinski definition) is 5. The number of anilines is 1. The summed E-state index contributed by atoms with van der Waals surface area (Å²) in [4.78, 5) is 9.78. The van der Waals surface area contributed by atoms with E-state index < -0.39 is 32.1 Å². The van der Waals surface area contributed by atoms with Crippen LogP contribution in [0.25, 0.3) is 0 Å². The van der Waals surface area contributed by atoms with E-state index >= 15 is 0 Å². The highest BCUT2D eigenvalue weighted by molar-refractivity contribution is 7.92. The lowest BCUT2D eigenvalue weighted by molar-refractivity contribution is -0.385. The molecule has 1 N–H and O–H groups in total. The minimum atomic E-state index is -4.06. The minimum Gasteiger partial charge on any atom is -0.871 e. The third-order valence-corrected chi connectivity index (χ3v) is 4.12. The Morgan fingerprint density at radius 3 is 2.48 bits per heavy atom. The summed E-state index contributed by atoms with van der Waals surface area (Å²) in [5.74, 6) is -0.675. The van der Waals surface area contributed by atoms with Gasteiger partial charge in [0.05, 0.1) is 9.82 Å². The van der Waals surface area contributed by atoms with E-state index in [0.717, 1.165) is 18.2 Å². The first-order valence-corrected chi connectivity index (χ1v) is 7.39. The van der Waals surface area contributed by atoms with E-state index in [1.165, 1.54) is 24.3 Å². The lowest BCUT2D eigenvalue weighted by Crippen LogP contribution is -2.14. The molecule has 0 bridgehead atoms. The standard InChI is InChI=1S/C12H9ClN2O5S/c13-8-2-1-3-10(6-8)21(19,20)14-11-7-9(15(17)18)4-5-12(11)16/h1-7,14,16H/p-1. The van der Waals surface area contributed by atoms with Crippen LogP contribution in [-0.4, -0.2) is 13.3 Å². The molecule has 0 radical (unpaired) electrons. The predicted octanol–water partition coefficient (Wildman–Crippen LogP) is 2.12. The van der Waals surface area contributed by atoms with Crippen LogP contribution < -0.4 is 9.83 Å². The number of nitrogens with one attached hydrogen (secondary N) is 1. The molecule has 0 aliphatic heterocycles. The number of hydrogen-bond donors (Lipinski definition) is 1. The summed E-state index contributed by atoms with van der Waals surface area (Å²) in [6.07, 6.45) is 0. The maximum atomic E-state index is 12.1. The van der Waals surface area contributed by atoms with E-state index in [-0.39, 0.29) is 9.92 Å². The summed E-state index contributed by atoms with van der Waals surface area (Å²) in [7, 11) is -4.06. The van der Waals surface area contributed by atoms with E-state index in [9.17, 15) is 23.6 Å². The lowest BCUT2D eigenvalue weighted by atomic mass is 10.2. The van der Waals surface area contributed by atoms with E-state index in [1.807, 2.05) is 4.72 Å². The van der Waals surface area contributed by atoms with Crippen molar-refractivity contribution < 1.29 is 18.4 Å². The summed E-state index contributed by atoms with van der Waals surface area (Å²) in [6.45, 7) is 0. The molecule has 0 saturated carbocycles. The number of nitrogens with zero attached hydrogens (tertiary/aromatic N) is 1. The molecule has 0 fully saturated rings. The van der Waals surface area contributed by atoms with Gasteiger partial charge in [-0.05, 0) is 18.2 Å². The lowest BCUT2D eigenvalue weighted by Gasteiger charge is -2.15. The highest BCUT2D eigenvalue weighted by Crippen LogP contribution is 2.28. The maximum absolute atomic E-state index is 12.1. The SMILES string of the molecule is O=[N+]([O-])c1ccc([O-])c(NS(=O)(=O)c2cccc(Cl)c2)c1. The molecule has 0 aliphatic rings. The molecule has 0 aliphatic carbocycles. The Bertz CT molecular complexity index is 807. The quantitative estimate of drug-likeness (QED) is 0.682. The zero-order valence-corrected chi connectivity index (χ0v) is 11.9. The summed E-state index contributed by atoms with van der Waals surface area (Å²) < 4.78 is 26.2. The fourth-order valence-corrected chi connectivity index (χ4v) is 2.91. The van der Waals surface area contributed by atoms with Gasteiger partial charge in [-0.15, -0.1) is 0 Å². The third kappa shape index (κ3) is 3.41. The molecule has 21 heavy (non-hydrogen) atoms. The van der Waals surface area contributed by atoms with Gasteiger partial charge in [0.1, 0.15) is 0 Å². The summed E-state index contributed by atoms with van der Waals surface area (Å²) in [5.41, 5.74) is -0.789. The Morgan fingerprint density at radius 2 is 1.86 bits per heavy atom. The Kier molecular flexibility index (Phi) is 4.01. The van der Waals surface area contributed by atoms with E-state index in [4.69, 9.17) is 11.6 Å². The Labute approximate surface area is 125 Å². The van der Waals surface area contributed by atoms with E-state index in [1.54, 1.807) is 0 Å². The second-order valence-electron chi connectivity index (χ2n) is 4.00. The molecule has 2 aromatic rings. The van der Waals surface area contributed by atoms with Gasteiger partial charge in [0.25, 0.3) is 15.7 Å². The van der Waals surface area contributed by atoms with Gasteiger partial charge >= 0.3 is 0 Å². The number of rotatable bonds is 4. The van der Waals surface area contributed by atoms with E-state index in [2.05, 4.69) is 0 Å². The zero-order valence-electron chi connectivity index (χ0n) is 10.3. The fraction of sp³-hybridized carbons (Fsp3) is 0. The third-order valence-electron chi connectivity index (χ3n) is 2.52. The zero-order chi connectivity index (χ0) is 15.6. The predicted molar refractivity (Wildman–Crippen MR) is 74.8 cm³/mol. The molecule has 0 heterocycles. The van der Waals surface area contributed by atoms with Crippen LogP contribution in [0.4, 0.5) is 11.4 Å². The van der Waals surface area contributed by atoms with Crippen LogP contribution in [0, 0.1) is 10.1 Å². The monoisotopic (exact) mass is 327 g/mol. The molecule has 0 unspecified atom stereocenters. The molecule has 0 amide bonds. The van der Waals surface area contributed by atoms with Crippen molar-refractivity contribution in [2.45, 2.75) is 4.90 Å². The second kappa shape index (κ2) is 5.58. The molecular formula is C12H8ClN2O5S-. The number of nitro benzene ring substituents is 1. The normalized spacial score (nSPS) is 11.1. The van der Waals surface area contributed by atoms with Crippen LogP contribution in [0.1, 0.15) is 0 Å². The molecule has 110 valence electrons. The highest BCUT2D eigenvalue weighted by Gasteiger charge is 2.16. The highest BCUT2D eigenvalue weighted by atomic mass is 35.5. The van der Waals surface area contributed by atoms with Gasteiger partial charge < -0.3 is 5.11 Å². The average Bonchev–Trinajstić information content (AvgIpc) is 2.41. The molecule has 2 rings (SSSR count). The number of halogens is 1. The molecule has 0 saturated heterocycles. The first-order valence-electron chi connectivity index (χ1n) is 5.53. The van der Waals surface area contributed by atoms with Crippen LogP contribution in [0.2, 0.25) is 5.02 Å². The number of sulfonamides is 1. The Hall–Kier alpha value is -2.32. The molecule has 0 spiro atoms. The van der Waals surface area contributed by atoms with Crippen LogP contribution in [0.15, 0.2) is 47.4 Å². The van der Waals surface area contributed by atoms with Crippen molar-refractivity contribution in [2.24, 2.45) is 0 Å². The van der Waals surface area contributed by atoms with Crippen LogP contribution >= 0.6 is 11.6 Å². The van der Waals surface area contributed by atoms with Crippen molar-refractivity contribution in [3.63, 3.8) is 0 Å². The minimum absolute atomic E-state index is 0.152. The van der Waals surface area contributed by atoms with Crippen LogP contribution in [0.5, 0.6) is 5.75 Å². The van der Waals surface area contributed by atoms with Gasteiger partial charge in [-0.1, -0.05) is 29.5 Å². The molecule has 2 aromatic carbocycles. The smallest absolute Gasteiger partial charge is 0.271 e.